The minimum Gasteiger partial charge on any atom is -0.461 e. The fourth-order valence-electron chi connectivity index (χ4n) is 4.13. The quantitative estimate of drug-likeness (QED) is 0.268. The van der Waals surface area contributed by atoms with Crippen molar-refractivity contribution in [3.05, 3.63) is 76.3 Å². The lowest BCUT2D eigenvalue weighted by atomic mass is 9.98. The third-order valence-corrected chi connectivity index (χ3v) is 5.80. The van der Waals surface area contributed by atoms with Gasteiger partial charge in [0.1, 0.15) is 12.4 Å². The predicted molar refractivity (Wildman–Crippen MR) is 126 cm³/mol. The van der Waals surface area contributed by atoms with Crippen LogP contribution in [0.5, 0.6) is 0 Å². The van der Waals surface area contributed by atoms with E-state index in [1.54, 1.807) is 24.3 Å². The summed E-state index contributed by atoms with van der Waals surface area (Å²) in [5, 5.41) is 23.4. The van der Waals surface area contributed by atoms with E-state index in [0.29, 0.717) is 33.1 Å². The number of hydrogen-bond acceptors (Lipinski definition) is 5. The van der Waals surface area contributed by atoms with Crippen LogP contribution in [0.15, 0.2) is 54.6 Å². The van der Waals surface area contributed by atoms with Crippen molar-refractivity contribution in [2.24, 2.45) is 0 Å². The van der Waals surface area contributed by atoms with Gasteiger partial charge in [0, 0.05) is 22.7 Å². The van der Waals surface area contributed by atoms with Crippen molar-refractivity contribution >= 4 is 50.1 Å². The molecule has 158 valence electrons. The number of imidazole rings is 1. The molecular weight excluding hydrogens is 436 g/mol. The van der Waals surface area contributed by atoms with Crippen LogP contribution in [-0.2, 0) is 16.1 Å². The Kier molecular flexibility index (Phi) is 4.94. The van der Waals surface area contributed by atoms with Crippen LogP contribution in [0.2, 0.25) is 5.02 Å². The predicted octanol–water partition coefficient (Wildman–Crippen LogP) is 6.00. The van der Waals surface area contributed by atoms with Gasteiger partial charge in [-0.25, -0.2) is 4.98 Å². The number of esters is 1. The largest absolute Gasteiger partial charge is 0.461 e. The fraction of sp³-hybridized carbons (Fsp3) is 0.0769. The van der Waals surface area contributed by atoms with Crippen LogP contribution in [0.3, 0.4) is 0 Å². The highest BCUT2D eigenvalue weighted by Gasteiger charge is 2.18. The molecule has 4 aromatic carbocycles. The number of halogens is 1. The summed E-state index contributed by atoms with van der Waals surface area (Å²) in [6.07, 6.45) is 0. The molecule has 0 fully saturated rings. The zero-order valence-corrected chi connectivity index (χ0v) is 18.2. The van der Waals surface area contributed by atoms with Gasteiger partial charge in [-0.3, -0.25) is 4.79 Å². The summed E-state index contributed by atoms with van der Waals surface area (Å²) >= 11 is 6.32. The highest BCUT2D eigenvalue weighted by atomic mass is 35.5. The van der Waals surface area contributed by atoms with E-state index < -0.39 is 0 Å². The van der Waals surface area contributed by atoms with Crippen molar-refractivity contribution in [1.29, 1.82) is 10.5 Å². The number of nitriles is 2. The highest BCUT2D eigenvalue weighted by Crippen LogP contribution is 2.38. The summed E-state index contributed by atoms with van der Waals surface area (Å²) in [4.78, 5) is 19.4. The molecule has 33 heavy (non-hydrogen) atoms. The first-order valence-electron chi connectivity index (χ1n) is 10.1. The average molecular weight is 451 g/mol. The van der Waals surface area contributed by atoms with Crippen LogP contribution in [0.1, 0.15) is 23.6 Å². The van der Waals surface area contributed by atoms with Gasteiger partial charge < -0.3 is 9.72 Å². The van der Waals surface area contributed by atoms with Crippen LogP contribution in [0.25, 0.3) is 44.0 Å². The monoisotopic (exact) mass is 450 g/mol. The van der Waals surface area contributed by atoms with Gasteiger partial charge >= 0.3 is 5.97 Å². The summed E-state index contributed by atoms with van der Waals surface area (Å²) in [5.74, 6) is 0.104. The summed E-state index contributed by atoms with van der Waals surface area (Å²) < 4.78 is 5.17. The van der Waals surface area contributed by atoms with Crippen molar-refractivity contribution in [3.8, 4) is 23.5 Å². The minimum atomic E-state index is -0.346. The number of carbonyl (C=O) groups is 1. The molecule has 0 aliphatic carbocycles. The molecule has 5 aromatic rings. The van der Waals surface area contributed by atoms with Crippen molar-refractivity contribution < 1.29 is 9.53 Å². The van der Waals surface area contributed by atoms with Crippen LogP contribution in [0, 0.1) is 22.7 Å². The number of H-pyrrole nitrogens is 1. The molecule has 6 nitrogen and oxygen atoms in total. The topological polar surface area (TPSA) is 103 Å². The molecule has 0 aliphatic rings. The van der Waals surface area contributed by atoms with Crippen LogP contribution < -0.4 is 0 Å². The molecule has 0 radical (unpaired) electrons. The maximum absolute atomic E-state index is 11.3. The van der Waals surface area contributed by atoms with Crippen molar-refractivity contribution in [2.45, 2.75) is 13.5 Å². The van der Waals surface area contributed by atoms with E-state index in [1.165, 1.54) is 6.92 Å². The van der Waals surface area contributed by atoms with E-state index in [4.69, 9.17) is 21.3 Å². The number of nitrogens with zero attached hydrogens (tertiary/aromatic N) is 3. The molecule has 0 saturated heterocycles. The highest BCUT2D eigenvalue weighted by molar-refractivity contribution is 6.33. The third-order valence-electron chi connectivity index (χ3n) is 5.57. The molecule has 0 atom stereocenters. The number of aromatic amines is 1. The fourth-order valence-corrected chi connectivity index (χ4v) is 4.30. The molecule has 7 heteroatoms. The van der Waals surface area contributed by atoms with E-state index in [9.17, 15) is 15.3 Å². The van der Waals surface area contributed by atoms with E-state index in [1.807, 2.05) is 30.3 Å². The second-order valence-corrected chi connectivity index (χ2v) is 8.05. The first-order valence-corrected chi connectivity index (χ1v) is 10.5. The Balaban J connectivity index is 1.85. The number of ether oxygens (including phenoxy) is 1. The zero-order valence-electron chi connectivity index (χ0n) is 17.4. The van der Waals surface area contributed by atoms with E-state index >= 15 is 0 Å². The van der Waals surface area contributed by atoms with Gasteiger partial charge in [-0.05, 0) is 46.7 Å². The summed E-state index contributed by atoms with van der Waals surface area (Å²) in [5.41, 5.74) is 3.56. The summed E-state index contributed by atoms with van der Waals surface area (Å²) in [6.45, 7) is 1.54. The molecule has 0 unspecified atom stereocenters. The summed E-state index contributed by atoms with van der Waals surface area (Å²) in [7, 11) is 0. The molecule has 5 rings (SSSR count). The molecule has 0 bridgehead atoms. The standard InChI is InChI=1S/C26H15ClN4O2/c1-14(32)33-13-15-5-7-19-21(9-15)22-10-18(27)6-8-20(22)25-24(19)30-26(31-25)23-16(11-28)3-2-4-17(23)12-29/h2-10H,13H2,1H3,(H,30,31). The molecule has 1 heterocycles. The Morgan fingerprint density at radius 2 is 1.70 bits per heavy atom. The van der Waals surface area contributed by atoms with Gasteiger partial charge in [0.25, 0.3) is 0 Å². The van der Waals surface area contributed by atoms with E-state index in [2.05, 4.69) is 17.1 Å². The lowest BCUT2D eigenvalue weighted by Crippen LogP contribution is -1.98. The van der Waals surface area contributed by atoms with Gasteiger partial charge in [-0.2, -0.15) is 10.5 Å². The number of fused-ring (bicyclic) bond motifs is 6. The molecule has 0 saturated carbocycles. The van der Waals surface area contributed by atoms with E-state index in [-0.39, 0.29) is 12.6 Å². The first-order chi connectivity index (χ1) is 16.0. The molecular formula is C26H15ClN4O2. The third kappa shape index (κ3) is 3.43. The molecule has 0 aliphatic heterocycles. The van der Waals surface area contributed by atoms with Gasteiger partial charge in [0.15, 0.2) is 0 Å². The lowest BCUT2D eigenvalue weighted by molar-refractivity contribution is -0.142. The Hall–Kier alpha value is -4.39. The lowest BCUT2D eigenvalue weighted by Gasteiger charge is -2.09. The van der Waals surface area contributed by atoms with Crippen LogP contribution in [-0.4, -0.2) is 15.9 Å². The Morgan fingerprint density at radius 1 is 1.00 bits per heavy atom. The first kappa shape index (κ1) is 20.5. The SMILES string of the molecule is CC(=O)OCc1ccc2c(c1)c1cc(Cl)ccc1c1nc(-c3c(C#N)cccc3C#N)[nH]c21. The van der Waals surface area contributed by atoms with Gasteiger partial charge in [0.05, 0.1) is 39.9 Å². The van der Waals surface area contributed by atoms with Crippen molar-refractivity contribution in [3.63, 3.8) is 0 Å². The summed E-state index contributed by atoms with van der Waals surface area (Å²) in [6, 6.07) is 20.7. The van der Waals surface area contributed by atoms with Crippen molar-refractivity contribution in [1.82, 2.24) is 9.97 Å². The number of nitrogens with one attached hydrogen (secondary N) is 1. The maximum atomic E-state index is 11.3. The van der Waals surface area contributed by atoms with Crippen molar-refractivity contribution in [2.75, 3.05) is 0 Å². The second kappa shape index (κ2) is 7.94. The number of aromatic nitrogens is 2. The molecule has 0 amide bonds. The molecule has 1 N–H and O–H groups in total. The number of carbonyl (C=O) groups excluding carboxylic acids is 1. The van der Waals surface area contributed by atoms with E-state index in [0.717, 1.165) is 32.6 Å². The number of rotatable bonds is 3. The minimum absolute atomic E-state index is 0.167. The molecule has 1 aromatic heterocycles. The smallest absolute Gasteiger partial charge is 0.302 e. The number of benzene rings is 4. The zero-order chi connectivity index (χ0) is 23.1. The van der Waals surface area contributed by atoms with Crippen LogP contribution in [0.4, 0.5) is 0 Å². The van der Waals surface area contributed by atoms with Gasteiger partial charge in [-0.1, -0.05) is 35.9 Å². The van der Waals surface area contributed by atoms with Gasteiger partial charge in [-0.15, -0.1) is 0 Å². The van der Waals surface area contributed by atoms with Crippen LogP contribution >= 0.6 is 11.6 Å². The Morgan fingerprint density at radius 3 is 2.39 bits per heavy atom. The normalized spacial score (nSPS) is 10.9. The second-order valence-electron chi connectivity index (χ2n) is 7.61. The average Bonchev–Trinajstić information content (AvgIpc) is 3.27. The Labute approximate surface area is 193 Å². The molecule has 0 spiro atoms. The van der Waals surface area contributed by atoms with Gasteiger partial charge in [0.2, 0.25) is 0 Å². The maximum Gasteiger partial charge on any atom is 0.302 e. The Bertz CT molecular complexity index is 1660. The number of hydrogen-bond donors (Lipinski definition) is 1.